The minimum atomic E-state index is -3.97. The second kappa shape index (κ2) is 12.9. The van der Waals surface area contributed by atoms with Crippen molar-refractivity contribution in [1.82, 2.24) is 14.1 Å². The monoisotopic (exact) mass is 724 g/mol. The second-order valence-corrected chi connectivity index (χ2v) is 15.9. The van der Waals surface area contributed by atoms with Gasteiger partial charge in [0.15, 0.2) is 0 Å². The molecule has 0 aliphatic carbocycles. The van der Waals surface area contributed by atoms with Crippen molar-refractivity contribution in [1.29, 1.82) is 0 Å². The molecule has 3 aliphatic heterocycles. The van der Waals surface area contributed by atoms with Gasteiger partial charge in [-0.15, -0.1) is 0 Å². The van der Waals surface area contributed by atoms with E-state index in [0.717, 1.165) is 17.5 Å². The van der Waals surface area contributed by atoms with Crippen LogP contribution in [-0.4, -0.2) is 66.9 Å². The van der Waals surface area contributed by atoms with Gasteiger partial charge >= 0.3 is 6.03 Å². The summed E-state index contributed by atoms with van der Waals surface area (Å²) in [6.45, 7) is 5.84. The highest BCUT2D eigenvalue weighted by atomic mass is 35.5. The van der Waals surface area contributed by atoms with E-state index < -0.39 is 10.0 Å². The summed E-state index contributed by atoms with van der Waals surface area (Å²) in [5, 5.41) is 0.973. The minimum absolute atomic E-state index is 0.0874. The Morgan fingerprint density at radius 3 is 2.17 bits per heavy atom. The summed E-state index contributed by atoms with van der Waals surface area (Å²) in [7, 11) is -2.37. The number of fused-ring (bicyclic) bond motifs is 3. The summed E-state index contributed by atoms with van der Waals surface area (Å²) in [5.74, 6) is 0.705. The Hall–Kier alpha value is -3.31. The van der Waals surface area contributed by atoms with Crippen molar-refractivity contribution in [3.8, 4) is 16.9 Å². The molecule has 250 valence electrons. The highest BCUT2D eigenvalue weighted by Crippen LogP contribution is 2.48. The molecule has 2 fully saturated rings. The molecule has 4 aromatic carbocycles. The molecule has 0 aromatic heterocycles. The topological polar surface area (TPSA) is 73.4 Å². The Bertz CT molecular complexity index is 1990. The van der Waals surface area contributed by atoms with E-state index in [-0.39, 0.29) is 51.8 Å². The van der Waals surface area contributed by atoms with E-state index in [1.165, 1.54) is 4.90 Å². The number of anilines is 2. The smallest absolute Gasteiger partial charge is 0.329 e. The number of ether oxygens (including phenoxy) is 1. The molecule has 7 rings (SSSR count). The average Bonchev–Trinajstić information content (AvgIpc) is 3.69. The lowest BCUT2D eigenvalue weighted by molar-refractivity contribution is 0.146. The molecular formula is C36H35Cl3N4O4S. The van der Waals surface area contributed by atoms with E-state index in [4.69, 9.17) is 39.5 Å². The van der Waals surface area contributed by atoms with Crippen molar-refractivity contribution >= 4 is 62.2 Å². The first-order valence-electron chi connectivity index (χ1n) is 15.8. The maximum absolute atomic E-state index is 14.6. The summed E-state index contributed by atoms with van der Waals surface area (Å²) >= 11 is 20.3. The summed E-state index contributed by atoms with van der Waals surface area (Å²) in [6, 6.07) is 23.1. The quantitative estimate of drug-likeness (QED) is 0.182. The van der Waals surface area contributed by atoms with Gasteiger partial charge in [0.25, 0.3) is 0 Å². The van der Waals surface area contributed by atoms with Crippen molar-refractivity contribution in [2.45, 2.75) is 56.4 Å². The highest BCUT2D eigenvalue weighted by molar-refractivity contribution is 7.89. The Labute approximate surface area is 296 Å². The molecule has 2 amide bonds. The van der Waals surface area contributed by atoms with Gasteiger partial charge in [-0.1, -0.05) is 71.2 Å². The number of para-hydroxylation sites is 1. The molecule has 2 unspecified atom stereocenters. The number of methoxy groups -OCH3 is 1. The third-order valence-corrected chi connectivity index (χ3v) is 12.4. The summed E-state index contributed by atoms with van der Waals surface area (Å²) < 4.78 is 36.1. The molecule has 12 heteroatoms. The van der Waals surface area contributed by atoms with Crippen LogP contribution in [0.1, 0.15) is 31.4 Å². The molecule has 0 radical (unpaired) electrons. The zero-order valence-electron chi connectivity index (χ0n) is 26.7. The Balaban J connectivity index is 1.41. The van der Waals surface area contributed by atoms with Gasteiger partial charge in [0.2, 0.25) is 10.0 Å². The SMILES string of the molecule is COc1ccc(CN2Cc3c(-c4ccccc4Cl)cc(S(=O)(=O)N4CC5CC4CN5C(C)C)cc3N(c3c(Cl)cccc3Cl)C2=O)cc1. The molecule has 2 bridgehead atoms. The number of carbonyl (C=O) groups excluding carboxylic acids is 1. The van der Waals surface area contributed by atoms with Crippen molar-refractivity contribution in [3.05, 3.63) is 105 Å². The fourth-order valence-corrected chi connectivity index (χ4v) is 9.80. The van der Waals surface area contributed by atoms with Crippen LogP contribution < -0.4 is 9.64 Å². The normalized spacial score (nSPS) is 19.8. The number of carbonyl (C=O) groups is 1. The first kappa shape index (κ1) is 33.2. The number of halogens is 3. The van der Waals surface area contributed by atoms with Crippen LogP contribution >= 0.6 is 34.8 Å². The number of nitrogens with zero attached hydrogens (tertiary/aromatic N) is 4. The lowest BCUT2D eigenvalue weighted by atomic mass is 9.95. The van der Waals surface area contributed by atoms with Gasteiger partial charge in [-0.2, -0.15) is 4.31 Å². The lowest BCUT2D eigenvalue weighted by Gasteiger charge is -2.39. The molecule has 2 saturated heterocycles. The fraction of sp³-hybridized carbons (Fsp3) is 0.306. The van der Waals surface area contributed by atoms with Crippen LogP contribution in [0.25, 0.3) is 11.1 Å². The maximum Gasteiger partial charge on any atom is 0.329 e. The van der Waals surface area contributed by atoms with E-state index in [1.54, 1.807) is 52.7 Å². The van der Waals surface area contributed by atoms with Crippen molar-refractivity contribution in [2.75, 3.05) is 25.1 Å². The van der Waals surface area contributed by atoms with Crippen LogP contribution in [0.15, 0.2) is 83.8 Å². The number of benzene rings is 4. The highest BCUT2D eigenvalue weighted by Gasteiger charge is 2.49. The summed E-state index contributed by atoms with van der Waals surface area (Å²) in [5.41, 5.74) is 3.55. The van der Waals surface area contributed by atoms with Gasteiger partial charge in [0.05, 0.1) is 40.0 Å². The van der Waals surface area contributed by atoms with E-state index in [2.05, 4.69) is 18.7 Å². The number of rotatable bonds is 8. The third kappa shape index (κ3) is 5.74. The standard InChI is InChI=1S/C36H35Cl3N4O4S/c1-22(2)41-19-25-15-24(41)20-42(25)48(45,46)27-16-29(28-7-4-5-8-31(28)37)30-21-40(18-23-11-13-26(47-3)14-12-23)36(44)43(34(30)17-27)35-32(38)9-6-10-33(35)39/h4-14,16-17,22,24-25H,15,18-21H2,1-3H3. The molecule has 3 heterocycles. The van der Waals surface area contributed by atoms with Gasteiger partial charge in [-0.25, -0.2) is 13.2 Å². The first-order valence-corrected chi connectivity index (χ1v) is 18.4. The van der Waals surface area contributed by atoms with Crippen LogP contribution in [0.3, 0.4) is 0 Å². The largest absolute Gasteiger partial charge is 0.497 e. The van der Waals surface area contributed by atoms with Crippen molar-refractivity contribution < 1.29 is 17.9 Å². The van der Waals surface area contributed by atoms with Gasteiger partial charge in [-0.3, -0.25) is 9.80 Å². The Morgan fingerprint density at radius 2 is 1.54 bits per heavy atom. The summed E-state index contributed by atoms with van der Waals surface area (Å²) in [4.78, 5) is 20.2. The van der Waals surface area contributed by atoms with Crippen molar-refractivity contribution in [2.24, 2.45) is 0 Å². The van der Waals surface area contributed by atoms with Crippen LogP contribution in [0, 0.1) is 0 Å². The maximum atomic E-state index is 14.6. The van der Waals surface area contributed by atoms with Gasteiger partial charge in [0, 0.05) is 53.9 Å². The molecule has 0 N–H and O–H groups in total. The predicted molar refractivity (Wildman–Crippen MR) is 191 cm³/mol. The van der Waals surface area contributed by atoms with E-state index in [9.17, 15) is 13.2 Å². The molecule has 8 nitrogen and oxygen atoms in total. The van der Waals surface area contributed by atoms with Crippen molar-refractivity contribution in [3.63, 3.8) is 0 Å². The zero-order chi connectivity index (χ0) is 33.9. The Kier molecular flexibility index (Phi) is 8.89. The number of urea groups is 1. The lowest BCUT2D eigenvalue weighted by Crippen LogP contribution is -2.50. The molecule has 4 aromatic rings. The van der Waals surface area contributed by atoms with E-state index in [0.29, 0.717) is 46.7 Å². The van der Waals surface area contributed by atoms with Crippen LogP contribution in [0.4, 0.5) is 16.2 Å². The molecule has 48 heavy (non-hydrogen) atoms. The molecule has 3 aliphatic rings. The van der Waals surface area contributed by atoms with Crippen LogP contribution in [0.5, 0.6) is 5.75 Å². The minimum Gasteiger partial charge on any atom is -0.497 e. The van der Waals surface area contributed by atoms with Crippen LogP contribution in [0.2, 0.25) is 15.1 Å². The molecule has 0 spiro atoms. The van der Waals surface area contributed by atoms with Gasteiger partial charge in [-0.05, 0) is 73.9 Å². The van der Waals surface area contributed by atoms with E-state index >= 15 is 0 Å². The summed E-state index contributed by atoms with van der Waals surface area (Å²) in [6.07, 6.45) is 0.792. The predicted octanol–water partition coefficient (Wildman–Crippen LogP) is 8.45. The van der Waals surface area contributed by atoms with E-state index in [1.807, 2.05) is 42.5 Å². The number of likely N-dealkylation sites (tertiary alicyclic amines) is 1. The third-order valence-electron chi connectivity index (χ3n) is 9.61. The molecular weight excluding hydrogens is 691 g/mol. The van der Waals surface area contributed by atoms with Crippen LogP contribution in [-0.2, 0) is 23.1 Å². The molecule has 0 saturated carbocycles. The Morgan fingerprint density at radius 1 is 0.854 bits per heavy atom. The fourth-order valence-electron chi connectivity index (χ4n) is 7.29. The average molecular weight is 726 g/mol. The number of hydrogen-bond donors (Lipinski definition) is 0. The number of hydrogen-bond acceptors (Lipinski definition) is 5. The first-order chi connectivity index (χ1) is 23.0. The van der Waals surface area contributed by atoms with Gasteiger partial charge in [0.1, 0.15) is 5.75 Å². The number of piperazine rings is 1. The number of sulfonamides is 1. The second-order valence-electron chi connectivity index (χ2n) is 12.7. The number of amides is 2. The zero-order valence-corrected chi connectivity index (χ0v) is 29.8. The van der Waals surface area contributed by atoms with Gasteiger partial charge < -0.3 is 9.64 Å². The molecule has 2 atom stereocenters.